The third-order valence-electron chi connectivity index (χ3n) is 4.16. The van der Waals surface area contributed by atoms with Crippen molar-refractivity contribution in [3.8, 4) is 11.5 Å². The lowest BCUT2D eigenvalue weighted by Gasteiger charge is -2.12. The first-order valence-corrected chi connectivity index (χ1v) is 8.57. The van der Waals surface area contributed by atoms with E-state index in [4.69, 9.17) is 15.2 Å². The quantitative estimate of drug-likeness (QED) is 0.361. The molecule has 3 rings (SSSR count). The summed E-state index contributed by atoms with van der Waals surface area (Å²) < 4.78 is 11.2. The van der Waals surface area contributed by atoms with Crippen molar-refractivity contribution in [2.45, 2.75) is 26.3 Å². The second-order valence-electron chi connectivity index (χ2n) is 6.42. The average Bonchev–Trinajstić information content (AvgIpc) is 3.43. The zero-order chi connectivity index (χ0) is 17.6. The van der Waals surface area contributed by atoms with E-state index in [2.05, 4.69) is 35.4 Å². The highest BCUT2D eigenvalue weighted by Crippen LogP contribution is 2.31. The Morgan fingerprint density at radius 1 is 1.23 bits per heavy atom. The number of anilines is 1. The summed E-state index contributed by atoms with van der Waals surface area (Å²) in [6.45, 7) is 3.33. The minimum Gasteiger partial charge on any atom is -0.497 e. The van der Waals surface area contributed by atoms with Crippen LogP contribution in [0.2, 0.25) is 0 Å². The third kappa shape index (κ3) is 6.09. The van der Waals surface area contributed by atoms with Crippen molar-refractivity contribution in [2.75, 3.05) is 19.0 Å². The molecule has 0 bridgehead atoms. The summed E-state index contributed by atoms with van der Waals surface area (Å²) in [6, 6.07) is 13.8. The lowest BCUT2D eigenvalue weighted by molar-refractivity contribution is 0.296. The van der Waals surface area contributed by atoms with Gasteiger partial charge in [0, 0.05) is 17.3 Å². The van der Waals surface area contributed by atoms with Gasteiger partial charge in [0.15, 0.2) is 5.96 Å². The van der Waals surface area contributed by atoms with Gasteiger partial charge in [-0.05, 0) is 49.4 Å². The van der Waals surface area contributed by atoms with Gasteiger partial charge in [-0.15, -0.1) is 24.0 Å². The molecule has 2 aromatic carbocycles. The van der Waals surface area contributed by atoms with Crippen molar-refractivity contribution < 1.29 is 9.47 Å². The topological polar surface area (TPSA) is 68.9 Å². The van der Waals surface area contributed by atoms with Crippen LogP contribution in [0.25, 0.3) is 0 Å². The molecule has 0 aromatic heterocycles. The Balaban J connectivity index is 0.00000243. The summed E-state index contributed by atoms with van der Waals surface area (Å²) in [5.41, 5.74) is 9.08. The van der Waals surface area contributed by atoms with Gasteiger partial charge in [0.25, 0.3) is 0 Å². The fourth-order valence-electron chi connectivity index (χ4n) is 2.48. The van der Waals surface area contributed by atoms with Gasteiger partial charge in [-0.3, -0.25) is 0 Å². The van der Waals surface area contributed by atoms with Crippen LogP contribution in [0.3, 0.4) is 0 Å². The lowest BCUT2D eigenvalue weighted by Crippen LogP contribution is -2.22. The molecule has 26 heavy (non-hydrogen) atoms. The lowest BCUT2D eigenvalue weighted by atomic mass is 10.1. The molecule has 0 atom stereocenters. The van der Waals surface area contributed by atoms with Crippen LogP contribution in [0.1, 0.15) is 24.0 Å². The van der Waals surface area contributed by atoms with Crippen LogP contribution in [0.4, 0.5) is 5.69 Å². The summed E-state index contributed by atoms with van der Waals surface area (Å²) in [6.07, 6.45) is 2.55. The molecule has 0 saturated heterocycles. The van der Waals surface area contributed by atoms with Crippen molar-refractivity contribution >= 4 is 35.6 Å². The van der Waals surface area contributed by atoms with Crippen LogP contribution in [0.5, 0.6) is 11.5 Å². The maximum absolute atomic E-state index is 6.01. The van der Waals surface area contributed by atoms with Crippen LogP contribution < -0.4 is 20.5 Å². The number of guanidine groups is 1. The number of ether oxygens (including phenoxy) is 2. The molecule has 1 aliphatic rings. The van der Waals surface area contributed by atoms with E-state index in [1.54, 1.807) is 7.11 Å². The van der Waals surface area contributed by atoms with Gasteiger partial charge in [0.05, 0.1) is 20.3 Å². The van der Waals surface area contributed by atoms with Crippen molar-refractivity contribution in [3.63, 3.8) is 0 Å². The molecule has 2 aromatic rings. The molecule has 0 radical (unpaired) electrons. The molecular weight excluding hydrogens is 441 g/mol. The number of nitrogens with one attached hydrogen (secondary N) is 1. The van der Waals surface area contributed by atoms with Crippen LogP contribution in [0, 0.1) is 12.8 Å². The fraction of sp³-hybridized carbons (Fsp3) is 0.350. The molecular formula is C20H26IN3O2. The molecule has 6 heteroatoms. The summed E-state index contributed by atoms with van der Waals surface area (Å²) in [7, 11) is 1.64. The standard InChI is InChI=1S/C20H25N3O2.HI/c1-14-6-9-16(19(10-14)25-13-15-7-8-15)12-22-20(21)23-17-4-3-5-18(11-17)24-2;/h3-6,9-11,15H,7-8,12-13H2,1-2H3,(H3,21,22,23);1H. The second kappa shape index (κ2) is 9.66. The Morgan fingerprint density at radius 3 is 2.77 bits per heavy atom. The van der Waals surface area contributed by atoms with E-state index in [0.29, 0.717) is 12.5 Å². The molecule has 0 aliphatic heterocycles. The number of nitrogens with zero attached hydrogens (tertiary/aromatic N) is 1. The van der Waals surface area contributed by atoms with E-state index in [9.17, 15) is 0 Å². The zero-order valence-corrected chi connectivity index (χ0v) is 17.5. The summed E-state index contributed by atoms with van der Waals surface area (Å²) >= 11 is 0. The van der Waals surface area contributed by atoms with Gasteiger partial charge < -0.3 is 20.5 Å². The Labute approximate surface area is 172 Å². The number of nitrogens with two attached hydrogens (primary N) is 1. The zero-order valence-electron chi connectivity index (χ0n) is 15.2. The maximum Gasteiger partial charge on any atom is 0.193 e. The minimum atomic E-state index is 0. The highest BCUT2D eigenvalue weighted by atomic mass is 127. The third-order valence-corrected chi connectivity index (χ3v) is 4.16. The molecule has 1 saturated carbocycles. The molecule has 1 fully saturated rings. The molecule has 0 heterocycles. The Hall–Kier alpha value is -1.96. The number of methoxy groups -OCH3 is 1. The van der Waals surface area contributed by atoms with E-state index in [-0.39, 0.29) is 24.0 Å². The van der Waals surface area contributed by atoms with Crippen molar-refractivity contribution in [3.05, 3.63) is 53.6 Å². The summed E-state index contributed by atoms with van der Waals surface area (Å²) in [4.78, 5) is 4.44. The number of hydrogen-bond donors (Lipinski definition) is 2. The first kappa shape index (κ1) is 20.4. The van der Waals surface area contributed by atoms with Gasteiger partial charge in [-0.25, -0.2) is 4.99 Å². The Morgan fingerprint density at radius 2 is 2.04 bits per heavy atom. The Kier molecular flexibility index (Phi) is 7.56. The second-order valence-corrected chi connectivity index (χ2v) is 6.42. The molecule has 0 spiro atoms. The van der Waals surface area contributed by atoms with Gasteiger partial charge in [0.2, 0.25) is 0 Å². The molecule has 0 amide bonds. The van der Waals surface area contributed by atoms with Gasteiger partial charge in [-0.2, -0.15) is 0 Å². The highest BCUT2D eigenvalue weighted by Gasteiger charge is 2.22. The average molecular weight is 467 g/mol. The van der Waals surface area contributed by atoms with E-state index >= 15 is 0 Å². The maximum atomic E-state index is 6.01. The van der Waals surface area contributed by atoms with E-state index in [0.717, 1.165) is 35.3 Å². The van der Waals surface area contributed by atoms with Crippen LogP contribution in [0.15, 0.2) is 47.5 Å². The number of rotatable bonds is 7. The van der Waals surface area contributed by atoms with Crippen LogP contribution in [-0.4, -0.2) is 19.7 Å². The van der Waals surface area contributed by atoms with Crippen molar-refractivity contribution in [1.82, 2.24) is 0 Å². The largest absolute Gasteiger partial charge is 0.497 e. The monoisotopic (exact) mass is 467 g/mol. The fourth-order valence-corrected chi connectivity index (χ4v) is 2.48. The predicted molar refractivity (Wildman–Crippen MR) is 117 cm³/mol. The van der Waals surface area contributed by atoms with Gasteiger partial charge in [0.1, 0.15) is 11.5 Å². The number of aryl methyl sites for hydroxylation is 1. The molecule has 5 nitrogen and oxygen atoms in total. The molecule has 0 unspecified atom stereocenters. The van der Waals surface area contributed by atoms with E-state index in [1.165, 1.54) is 18.4 Å². The van der Waals surface area contributed by atoms with Gasteiger partial charge in [-0.1, -0.05) is 18.2 Å². The first-order chi connectivity index (χ1) is 12.1. The van der Waals surface area contributed by atoms with E-state index in [1.807, 2.05) is 24.3 Å². The first-order valence-electron chi connectivity index (χ1n) is 8.57. The number of hydrogen-bond acceptors (Lipinski definition) is 3. The SMILES string of the molecule is COc1cccc(NC(N)=NCc2ccc(C)cc2OCC2CC2)c1.I. The highest BCUT2D eigenvalue weighted by molar-refractivity contribution is 14.0. The molecule has 1 aliphatic carbocycles. The minimum absolute atomic E-state index is 0. The van der Waals surface area contributed by atoms with Crippen LogP contribution in [-0.2, 0) is 6.54 Å². The summed E-state index contributed by atoms with van der Waals surface area (Å²) in [5.74, 6) is 2.76. The van der Waals surface area contributed by atoms with Crippen molar-refractivity contribution in [2.24, 2.45) is 16.6 Å². The smallest absolute Gasteiger partial charge is 0.193 e. The predicted octanol–water partition coefficient (Wildman–Crippen LogP) is 4.34. The van der Waals surface area contributed by atoms with E-state index < -0.39 is 0 Å². The Bertz CT molecular complexity index is 760. The number of halogens is 1. The number of benzene rings is 2. The normalized spacial score (nSPS) is 13.7. The summed E-state index contributed by atoms with van der Waals surface area (Å²) in [5, 5.41) is 3.08. The van der Waals surface area contributed by atoms with Crippen LogP contribution >= 0.6 is 24.0 Å². The van der Waals surface area contributed by atoms with Gasteiger partial charge >= 0.3 is 0 Å². The van der Waals surface area contributed by atoms with Crippen molar-refractivity contribution in [1.29, 1.82) is 0 Å². The number of aliphatic imine (C=N–C) groups is 1. The molecule has 140 valence electrons. The molecule has 3 N–H and O–H groups in total.